The van der Waals surface area contributed by atoms with Crippen molar-refractivity contribution >= 4 is 24.0 Å². The molecule has 1 saturated carbocycles. The second-order valence-electron chi connectivity index (χ2n) is 4.45. The first-order chi connectivity index (χ1) is 7.72. The normalized spacial score (nSPS) is 21.5. The van der Waals surface area contributed by atoms with Gasteiger partial charge in [0.25, 0.3) is 5.91 Å². The van der Waals surface area contributed by atoms with Gasteiger partial charge in [0.2, 0.25) is 0 Å². The fourth-order valence-corrected chi connectivity index (χ4v) is 2.06. The Morgan fingerprint density at radius 3 is 2.82 bits per heavy atom. The van der Waals surface area contributed by atoms with Crippen LogP contribution in [0.3, 0.4) is 0 Å². The van der Waals surface area contributed by atoms with Gasteiger partial charge in [-0.1, -0.05) is 25.5 Å². The predicted molar refractivity (Wildman–Crippen MR) is 72.4 cm³/mol. The van der Waals surface area contributed by atoms with Crippen LogP contribution in [0.15, 0.2) is 24.3 Å². The third-order valence-electron chi connectivity index (χ3n) is 3.10. The molecular weight excluding hydrogens is 236 g/mol. The summed E-state index contributed by atoms with van der Waals surface area (Å²) in [4.78, 5) is 11.9. The number of para-hydroxylation sites is 1. The number of rotatable bonds is 4. The van der Waals surface area contributed by atoms with Crippen molar-refractivity contribution in [1.82, 2.24) is 5.32 Å². The van der Waals surface area contributed by atoms with Crippen LogP contribution < -0.4 is 11.1 Å². The molecule has 0 saturated heterocycles. The third-order valence-corrected chi connectivity index (χ3v) is 3.10. The van der Waals surface area contributed by atoms with Crippen molar-refractivity contribution in [3.05, 3.63) is 29.8 Å². The zero-order valence-electron chi connectivity index (χ0n) is 9.98. The van der Waals surface area contributed by atoms with E-state index in [0.29, 0.717) is 23.2 Å². The summed E-state index contributed by atoms with van der Waals surface area (Å²) < 4.78 is 0. The summed E-state index contributed by atoms with van der Waals surface area (Å²) >= 11 is 0. The van der Waals surface area contributed by atoms with Crippen molar-refractivity contribution in [3.8, 4) is 0 Å². The number of nitrogens with one attached hydrogen (secondary N) is 1. The zero-order valence-corrected chi connectivity index (χ0v) is 10.8. The topological polar surface area (TPSA) is 55.1 Å². The molecule has 0 aliphatic heterocycles. The summed E-state index contributed by atoms with van der Waals surface area (Å²) in [6.07, 6.45) is 3.51. The summed E-state index contributed by atoms with van der Waals surface area (Å²) in [6.45, 7) is 2.17. The van der Waals surface area contributed by atoms with Gasteiger partial charge in [0.15, 0.2) is 0 Å². The predicted octanol–water partition coefficient (Wildman–Crippen LogP) is 2.61. The molecule has 94 valence electrons. The van der Waals surface area contributed by atoms with E-state index in [0.717, 1.165) is 6.42 Å². The van der Waals surface area contributed by atoms with Crippen LogP contribution >= 0.6 is 12.4 Å². The summed E-state index contributed by atoms with van der Waals surface area (Å²) in [6, 6.07) is 7.56. The highest BCUT2D eigenvalue weighted by Crippen LogP contribution is 2.34. The molecule has 17 heavy (non-hydrogen) atoms. The van der Waals surface area contributed by atoms with Crippen molar-refractivity contribution in [2.45, 2.75) is 32.2 Å². The van der Waals surface area contributed by atoms with Gasteiger partial charge in [0.1, 0.15) is 0 Å². The average molecular weight is 255 g/mol. The molecule has 1 aliphatic rings. The number of nitrogen functional groups attached to an aromatic ring is 1. The summed E-state index contributed by atoms with van der Waals surface area (Å²) in [7, 11) is 0. The summed E-state index contributed by atoms with van der Waals surface area (Å²) in [5, 5.41) is 3.03. The standard InChI is InChI=1S/C13H18N2O.ClH/c1-2-5-9-8-12(9)15-13(16)10-6-3-4-7-11(10)14;/h3-4,6-7,9,12H,2,5,8,14H2,1H3,(H,15,16);1H. The van der Waals surface area contributed by atoms with Crippen molar-refractivity contribution in [2.24, 2.45) is 5.92 Å². The van der Waals surface area contributed by atoms with Gasteiger partial charge in [-0.3, -0.25) is 4.79 Å². The highest BCUT2D eigenvalue weighted by Gasteiger charge is 2.37. The molecule has 1 aromatic rings. The first-order valence-corrected chi connectivity index (χ1v) is 5.87. The summed E-state index contributed by atoms with van der Waals surface area (Å²) in [5.41, 5.74) is 6.89. The van der Waals surface area contributed by atoms with Gasteiger partial charge in [-0.25, -0.2) is 0 Å². The summed E-state index contributed by atoms with van der Waals surface area (Å²) in [5.74, 6) is 0.639. The molecule has 1 aliphatic carbocycles. The van der Waals surface area contributed by atoms with E-state index in [1.54, 1.807) is 12.1 Å². The number of amides is 1. The maximum atomic E-state index is 11.9. The number of anilines is 1. The number of carbonyl (C=O) groups excluding carboxylic acids is 1. The van der Waals surface area contributed by atoms with Gasteiger partial charge in [-0.15, -0.1) is 12.4 Å². The first kappa shape index (κ1) is 13.8. The second-order valence-corrected chi connectivity index (χ2v) is 4.45. The average Bonchev–Trinajstić information content (AvgIpc) is 2.97. The number of halogens is 1. The van der Waals surface area contributed by atoms with E-state index in [9.17, 15) is 4.79 Å². The molecule has 4 heteroatoms. The van der Waals surface area contributed by atoms with Crippen LogP contribution in [-0.4, -0.2) is 11.9 Å². The lowest BCUT2D eigenvalue weighted by molar-refractivity contribution is 0.0949. The lowest BCUT2D eigenvalue weighted by atomic mass is 10.1. The minimum atomic E-state index is -0.0401. The second kappa shape index (κ2) is 5.92. The van der Waals surface area contributed by atoms with E-state index in [-0.39, 0.29) is 18.3 Å². The Morgan fingerprint density at radius 2 is 2.18 bits per heavy atom. The number of benzene rings is 1. The molecule has 0 heterocycles. The Morgan fingerprint density at radius 1 is 1.47 bits per heavy atom. The molecule has 0 radical (unpaired) electrons. The van der Waals surface area contributed by atoms with Crippen molar-refractivity contribution in [2.75, 3.05) is 5.73 Å². The van der Waals surface area contributed by atoms with Crippen molar-refractivity contribution in [3.63, 3.8) is 0 Å². The lowest BCUT2D eigenvalue weighted by Gasteiger charge is -2.06. The molecule has 3 N–H and O–H groups in total. The fraction of sp³-hybridized carbons (Fsp3) is 0.462. The Bertz CT molecular complexity index is 395. The largest absolute Gasteiger partial charge is 0.398 e. The van der Waals surface area contributed by atoms with Gasteiger partial charge in [0.05, 0.1) is 5.56 Å². The molecule has 0 bridgehead atoms. The fourth-order valence-electron chi connectivity index (χ4n) is 2.06. The Hall–Kier alpha value is -1.22. The van der Waals surface area contributed by atoms with E-state index in [1.807, 2.05) is 12.1 Å². The molecule has 1 amide bonds. The van der Waals surface area contributed by atoms with Crippen LogP contribution in [0.1, 0.15) is 36.5 Å². The van der Waals surface area contributed by atoms with Crippen LogP contribution in [0.4, 0.5) is 5.69 Å². The van der Waals surface area contributed by atoms with Gasteiger partial charge in [-0.05, 0) is 30.9 Å². The molecule has 1 fully saturated rings. The third kappa shape index (κ3) is 3.37. The van der Waals surface area contributed by atoms with Crippen LogP contribution in [-0.2, 0) is 0 Å². The van der Waals surface area contributed by atoms with Crippen molar-refractivity contribution in [1.29, 1.82) is 0 Å². The molecule has 0 spiro atoms. The van der Waals surface area contributed by atoms with Crippen LogP contribution in [0.5, 0.6) is 0 Å². The minimum absolute atomic E-state index is 0. The first-order valence-electron chi connectivity index (χ1n) is 5.87. The van der Waals surface area contributed by atoms with Gasteiger partial charge in [-0.2, -0.15) is 0 Å². The van der Waals surface area contributed by atoms with E-state index >= 15 is 0 Å². The van der Waals surface area contributed by atoms with E-state index in [2.05, 4.69) is 12.2 Å². The maximum Gasteiger partial charge on any atom is 0.253 e. The molecule has 0 aromatic heterocycles. The molecular formula is C13H19ClN2O. The monoisotopic (exact) mass is 254 g/mol. The quantitative estimate of drug-likeness (QED) is 0.812. The molecule has 3 nitrogen and oxygen atoms in total. The molecule has 2 atom stereocenters. The smallest absolute Gasteiger partial charge is 0.253 e. The number of hydrogen-bond acceptors (Lipinski definition) is 2. The van der Waals surface area contributed by atoms with Gasteiger partial charge in [0, 0.05) is 11.7 Å². The van der Waals surface area contributed by atoms with Crippen LogP contribution in [0, 0.1) is 5.92 Å². The van der Waals surface area contributed by atoms with Gasteiger partial charge < -0.3 is 11.1 Å². The zero-order chi connectivity index (χ0) is 11.5. The van der Waals surface area contributed by atoms with E-state index in [1.165, 1.54) is 12.8 Å². The van der Waals surface area contributed by atoms with Crippen molar-refractivity contribution < 1.29 is 4.79 Å². The van der Waals surface area contributed by atoms with Crippen LogP contribution in [0.2, 0.25) is 0 Å². The van der Waals surface area contributed by atoms with E-state index < -0.39 is 0 Å². The Balaban J connectivity index is 0.00000144. The Labute approximate surface area is 108 Å². The number of carbonyl (C=O) groups is 1. The molecule has 2 rings (SSSR count). The highest BCUT2D eigenvalue weighted by atomic mass is 35.5. The maximum absolute atomic E-state index is 11.9. The Kier molecular flexibility index (Phi) is 4.82. The van der Waals surface area contributed by atoms with Gasteiger partial charge >= 0.3 is 0 Å². The highest BCUT2D eigenvalue weighted by molar-refractivity contribution is 5.99. The minimum Gasteiger partial charge on any atom is -0.398 e. The number of nitrogens with two attached hydrogens (primary N) is 1. The molecule has 1 aromatic carbocycles. The number of hydrogen-bond donors (Lipinski definition) is 2. The SMILES string of the molecule is CCCC1CC1NC(=O)c1ccccc1N.Cl. The lowest BCUT2D eigenvalue weighted by Crippen LogP contribution is -2.27. The van der Waals surface area contributed by atoms with Crippen LogP contribution in [0.25, 0.3) is 0 Å². The van der Waals surface area contributed by atoms with E-state index in [4.69, 9.17) is 5.73 Å². The molecule has 2 unspecified atom stereocenters.